The van der Waals surface area contributed by atoms with E-state index < -0.39 is 0 Å². The lowest BCUT2D eigenvalue weighted by Gasteiger charge is -2.26. The lowest BCUT2D eigenvalue weighted by atomic mass is 9.78. The van der Waals surface area contributed by atoms with E-state index in [1.165, 1.54) is 5.56 Å². The second-order valence-corrected chi connectivity index (χ2v) is 5.29. The minimum Gasteiger partial charge on any atom is -0.508 e. The molecule has 0 aromatic heterocycles. The third-order valence-electron chi connectivity index (χ3n) is 3.48. The predicted molar refractivity (Wildman–Crippen MR) is 88.8 cm³/mol. The first-order valence-corrected chi connectivity index (χ1v) is 7.45. The highest BCUT2D eigenvalue weighted by Gasteiger charge is 2.25. The van der Waals surface area contributed by atoms with Crippen molar-refractivity contribution in [3.8, 4) is 5.75 Å². The molecule has 2 aromatic rings. The van der Waals surface area contributed by atoms with Gasteiger partial charge in [0.2, 0.25) is 0 Å². The van der Waals surface area contributed by atoms with Gasteiger partial charge in [-0.1, -0.05) is 62.4 Å². The summed E-state index contributed by atoms with van der Waals surface area (Å²) in [5.74, 6) is 0.358. The van der Waals surface area contributed by atoms with Crippen LogP contribution in [-0.4, -0.2) is 18.3 Å². The van der Waals surface area contributed by atoms with Crippen molar-refractivity contribution in [2.75, 3.05) is 13.2 Å². The van der Waals surface area contributed by atoms with E-state index in [-0.39, 0.29) is 5.41 Å². The van der Waals surface area contributed by atoms with Crippen LogP contribution < -0.4 is 0 Å². The van der Waals surface area contributed by atoms with Crippen LogP contribution in [0.2, 0.25) is 0 Å². The molecule has 0 radical (unpaired) electrons. The molecule has 2 aromatic carbocycles. The predicted octanol–water partition coefficient (Wildman–Crippen LogP) is 4.76. The van der Waals surface area contributed by atoms with Gasteiger partial charge >= 0.3 is 0 Å². The second-order valence-electron chi connectivity index (χ2n) is 5.29. The number of ether oxygens (including phenoxy) is 1. The molecule has 114 valence electrons. The molecule has 0 saturated carbocycles. The molecule has 0 fully saturated rings. The van der Waals surface area contributed by atoms with Crippen molar-refractivity contribution in [2.45, 2.75) is 33.1 Å². The number of para-hydroxylation sites is 1. The third-order valence-corrected chi connectivity index (χ3v) is 3.48. The molecular weight excluding hydrogens is 260 g/mol. The van der Waals surface area contributed by atoms with Crippen molar-refractivity contribution < 1.29 is 9.84 Å². The molecule has 1 N–H and O–H groups in total. The second kappa shape index (κ2) is 8.48. The van der Waals surface area contributed by atoms with Crippen LogP contribution in [0.1, 0.15) is 38.8 Å². The summed E-state index contributed by atoms with van der Waals surface area (Å²) >= 11 is 0. The molecule has 0 heterocycles. The van der Waals surface area contributed by atoms with Gasteiger partial charge in [-0.15, -0.1) is 0 Å². The van der Waals surface area contributed by atoms with E-state index in [9.17, 15) is 5.11 Å². The van der Waals surface area contributed by atoms with Crippen LogP contribution in [0.5, 0.6) is 5.75 Å². The zero-order valence-electron chi connectivity index (χ0n) is 13.5. The van der Waals surface area contributed by atoms with Crippen LogP contribution in [0.15, 0.2) is 54.6 Å². The first-order chi connectivity index (χ1) is 10.0. The standard InChI is InChI=1S/C15H16O.C4H10O/c1-15(2,12-8-4-3-5-9-12)13-10-6-7-11-14(13)16;1-3-5-4-2/h3-11,16H,1-2H3;3-4H2,1-2H3. The van der Waals surface area contributed by atoms with E-state index in [1.807, 2.05) is 50.2 Å². The largest absolute Gasteiger partial charge is 0.508 e. The van der Waals surface area contributed by atoms with Gasteiger partial charge in [0.25, 0.3) is 0 Å². The molecule has 0 amide bonds. The molecule has 0 spiro atoms. The minimum absolute atomic E-state index is 0.174. The van der Waals surface area contributed by atoms with E-state index in [0.717, 1.165) is 18.8 Å². The lowest BCUT2D eigenvalue weighted by Crippen LogP contribution is -2.18. The van der Waals surface area contributed by atoms with Crippen LogP contribution >= 0.6 is 0 Å². The molecule has 0 bridgehead atoms. The lowest BCUT2D eigenvalue weighted by molar-refractivity contribution is 0.162. The fraction of sp³-hybridized carbons (Fsp3) is 0.368. The molecule has 0 saturated heterocycles. The average molecular weight is 286 g/mol. The number of phenols is 1. The van der Waals surface area contributed by atoms with Gasteiger partial charge in [-0.25, -0.2) is 0 Å². The highest BCUT2D eigenvalue weighted by molar-refractivity contribution is 5.44. The van der Waals surface area contributed by atoms with Gasteiger partial charge in [-0.3, -0.25) is 0 Å². The van der Waals surface area contributed by atoms with Crippen molar-refractivity contribution in [1.29, 1.82) is 0 Å². The quantitative estimate of drug-likeness (QED) is 0.878. The molecular formula is C19H26O2. The van der Waals surface area contributed by atoms with Gasteiger partial charge in [0, 0.05) is 24.2 Å². The van der Waals surface area contributed by atoms with Crippen LogP contribution in [0, 0.1) is 0 Å². The smallest absolute Gasteiger partial charge is 0.119 e. The maximum atomic E-state index is 9.91. The SMILES string of the molecule is CC(C)(c1ccccc1)c1ccccc1O.CCOCC. The van der Waals surface area contributed by atoms with Gasteiger partial charge in [-0.05, 0) is 25.5 Å². The van der Waals surface area contributed by atoms with Gasteiger partial charge < -0.3 is 9.84 Å². The fourth-order valence-electron chi connectivity index (χ4n) is 2.22. The van der Waals surface area contributed by atoms with E-state index in [2.05, 4.69) is 26.0 Å². The summed E-state index contributed by atoms with van der Waals surface area (Å²) in [5, 5.41) is 9.91. The van der Waals surface area contributed by atoms with Crippen LogP contribution in [0.4, 0.5) is 0 Å². The summed E-state index contributed by atoms with van der Waals surface area (Å²) in [7, 11) is 0. The summed E-state index contributed by atoms with van der Waals surface area (Å²) in [5.41, 5.74) is 1.99. The normalized spacial score (nSPS) is 10.7. The minimum atomic E-state index is -0.174. The topological polar surface area (TPSA) is 29.5 Å². The van der Waals surface area contributed by atoms with Crippen LogP contribution in [0.25, 0.3) is 0 Å². The average Bonchev–Trinajstić information content (AvgIpc) is 2.50. The van der Waals surface area contributed by atoms with Gasteiger partial charge in [-0.2, -0.15) is 0 Å². The monoisotopic (exact) mass is 286 g/mol. The fourth-order valence-corrected chi connectivity index (χ4v) is 2.22. The molecule has 0 unspecified atom stereocenters. The van der Waals surface area contributed by atoms with Gasteiger partial charge in [0.1, 0.15) is 5.75 Å². The van der Waals surface area contributed by atoms with Crippen LogP contribution in [0.3, 0.4) is 0 Å². The Bertz CT molecular complexity index is 516. The highest BCUT2D eigenvalue weighted by Crippen LogP contribution is 2.36. The molecule has 21 heavy (non-hydrogen) atoms. The molecule has 0 aliphatic heterocycles. The number of hydrogen-bond donors (Lipinski definition) is 1. The molecule has 0 atom stereocenters. The number of rotatable bonds is 4. The molecule has 2 heteroatoms. The van der Waals surface area contributed by atoms with E-state index >= 15 is 0 Å². The summed E-state index contributed by atoms with van der Waals surface area (Å²) < 4.78 is 4.83. The third kappa shape index (κ3) is 4.91. The van der Waals surface area contributed by atoms with Crippen molar-refractivity contribution in [1.82, 2.24) is 0 Å². The summed E-state index contributed by atoms with van der Waals surface area (Å²) in [6.07, 6.45) is 0. The highest BCUT2D eigenvalue weighted by atomic mass is 16.5. The number of phenolic OH excluding ortho intramolecular Hbond substituents is 1. The maximum Gasteiger partial charge on any atom is 0.119 e. The Balaban J connectivity index is 0.000000383. The van der Waals surface area contributed by atoms with Crippen molar-refractivity contribution in [2.24, 2.45) is 0 Å². The molecule has 2 nitrogen and oxygen atoms in total. The Morgan fingerprint density at radius 2 is 1.38 bits per heavy atom. The first kappa shape index (κ1) is 17.3. The number of aromatic hydroxyl groups is 1. The molecule has 0 aliphatic carbocycles. The Morgan fingerprint density at radius 1 is 0.857 bits per heavy atom. The van der Waals surface area contributed by atoms with Gasteiger partial charge in [0.05, 0.1) is 0 Å². The Hall–Kier alpha value is -1.80. The van der Waals surface area contributed by atoms with Crippen molar-refractivity contribution in [3.05, 3.63) is 65.7 Å². The van der Waals surface area contributed by atoms with E-state index in [0.29, 0.717) is 5.75 Å². The zero-order chi connectivity index (χ0) is 15.7. The summed E-state index contributed by atoms with van der Waals surface area (Å²) in [4.78, 5) is 0. The van der Waals surface area contributed by atoms with Crippen molar-refractivity contribution in [3.63, 3.8) is 0 Å². The Morgan fingerprint density at radius 3 is 1.86 bits per heavy atom. The molecule has 0 aliphatic rings. The first-order valence-electron chi connectivity index (χ1n) is 7.45. The maximum absolute atomic E-state index is 9.91. The summed E-state index contributed by atoms with van der Waals surface area (Å²) in [6, 6.07) is 17.7. The van der Waals surface area contributed by atoms with Crippen molar-refractivity contribution >= 4 is 0 Å². The van der Waals surface area contributed by atoms with E-state index in [4.69, 9.17) is 4.74 Å². The molecule has 2 rings (SSSR count). The summed E-state index contributed by atoms with van der Waals surface area (Å²) in [6.45, 7) is 9.91. The van der Waals surface area contributed by atoms with Gasteiger partial charge in [0.15, 0.2) is 0 Å². The Kier molecular flexibility index (Phi) is 6.97. The number of hydrogen-bond acceptors (Lipinski definition) is 2. The number of benzene rings is 2. The zero-order valence-corrected chi connectivity index (χ0v) is 13.5. The Labute approximate surface area is 128 Å². The van der Waals surface area contributed by atoms with Crippen LogP contribution in [-0.2, 0) is 10.2 Å². The van der Waals surface area contributed by atoms with E-state index in [1.54, 1.807) is 6.07 Å².